The van der Waals surface area contributed by atoms with Crippen LogP contribution in [0.5, 0.6) is 5.75 Å². The summed E-state index contributed by atoms with van der Waals surface area (Å²) < 4.78 is 12.0. The molecule has 4 rings (SSSR count). The first kappa shape index (κ1) is 23.7. The van der Waals surface area contributed by atoms with E-state index in [1.165, 1.54) is 5.56 Å². The Morgan fingerprint density at radius 1 is 1.03 bits per heavy atom. The van der Waals surface area contributed by atoms with Gasteiger partial charge < -0.3 is 29.9 Å². The van der Waals surface area contributed by atoms with Gasteiger partial charge in [0.05, 0.1) is 24.3 Å². The molecule has 4 N–H and O–H groups in total. The predicted octanol–water partition coefficient (Wildman–Crippen LogP) is 2.16. The Balaban J connectivity index is 1.73. The molecule has 1 unspecified atom stereocenters. The molecule has 2 aromatic rings. The fraction of sp³-hybridized carbons (Fsp3) is 0.500. The second-order valence-corrected chi connectivity index (χ2v) is 8.93. The molecule has 2 aromatic carbocycles. The zero-order valence-corrected chi connectivity index (χ0v) is 18.7. The topological polar surface area (TPSA) is 123 Å². The average Bonchev–Trinajstić information content (AvgIpc) is 2.81. The van der Waals surface area contributed by atoms with Crippen molar-refractivity contribution in [3.8, 4) is 11.8 Å². The van der Waals surface area contributed by atoms with Crippen LogP contribution in [0.15, 0.2) is 36.4 Å². The number of aryl methyl sites for hydroxylation is 1. The van der Waals surface area contributed by atoms with Crippen molar-refractivity contribution in [2.75, 3.05) is 6.61 Å². The number of aliphatic hydroxyl groups excluding tert-OH is 4. The van der Waals surface area contributed by atoms with Gasteiger partial charge in [0.25, 0.3) is 0 Å². The predicted molar refractivity (Wildman–Crippen MR) is 121 cm³/mol. The van der Waals surface area contributed by atoms with Gasteiger partial charge in [0.2, 0.25) is 0 Å². The van der Waals surface area contributed by atoms with Crippen molar-refractivity contribution in [1.82, 2.24) is 0 Å². The lowest BCUT2D eigenvalue weighted by Crippen LogP contribution is -2.55. The number of hydrogen-bond acceptors (Lipinski definition) is 7. The van der Waals surface area contributed by atoms with Crippen LogP contribution in [0.3, 0.4) is 0 Å². The maximum absolute atomic E-state index is 10.7. The molecule has 1 saturated carbocycles. The molecule has 1 aliphatic heterocycles. The van der Waals surface area contributed by atoms with Gasteiger partial charge in [0, 0.05) is 5.56 Å². The van der Waals surface area contributed by atoms with E-state index in [4.69, 9.17) is 9.47 Å². The summed E-state index contributed by atoms with van der Waals surface area (Å²) >= 11 is 0. The fourth-order valence-electron chi connectivity index (χ4n) is 4.36. The first-order valence-corrected chi connectivity index (χ1v) is 11.6. The van der Waals surface area contributed by atoms with E-state index in [0.29, 0.717) is 23.3 Å². The number of nitriles is 1. The SMILES string of the molecule is CCc1ccc(Cc2cc([C@@H]3OC(CO)[C@@H](O)[C@H](O)[C@H]3O)c(OC3CCC3)cc2C#N)cc1. The van der Waals surface area contributed by atoms with Gasteiger partial charge in [-0.2, -0.15) is 5.26 Å². The van der Waals surface area contributed by atoms with Crippen molar-refractivity contribution in [1.29, 1.82) is 5.26 Å². The molecule has 7 heteroatoms. The van der Waals surface area contributed by atoms with Crippen LogP contribution in [0.4, 0.5) is 0 Å². The van der Waals surface area contributed by atoms with Crippen LogP contribution in [-0.2, 0) is 17.6 Å². The molecule has 2 aliphatic rings. The summed E-state index contributed by atoms with van der Waals surface area (Å²) in [7, 11) is 0. The number of aliphatic hydroxyl groups is 4. The Labute approximate surface area is 193 Å². The second-order valence-electron chi connectivity index (χ2n) is 8.93. The van der Waals surface area contributed by atoms with E-state index in [1.807, 2.05) is 12.1 Å². The number of nitrogens with zero attached hydrogens (tertiary/aromatic N) is 1. The van der Waals surface area contributed by atoms with E-state index < -0.39 is 37.1 Å². The van der Waals surface area contributed by atoms with Crippen LogP contribution in [-0.4, -0.2) is 57.6 Å². The molecule has 0 aromatic heterocycles. The van der Waals surface area contributed by atoms with Crippen molar-refractivity contribution < 1.29 is 29.9 Å². The molecule has 2 fully saturated rings. The molecule has 5 atom stereocenters. The Bertz CT molecular complexity index is 995. The summed E-state index contributed by atoms with van der Waals surface area (Å²) in [5.74, 6) is 0.422. The van der Waals surface area contributed by atoms with Gasteiger partial charge in [-0.3, -0.25) is 0 Å². The van der Waals surface area contributed by atoms with Gasteiger partial charge in [-0.25, -0.2) is 0 Å². The number of ether oxygens (including phenoxy) is 2. The molecular weight excluding hydrogens is 422 g/mol. The highest BCUT2D eigenvalue weighted by atomic mass is 16.5. The Kier molecular flexibility index (Phi) is 7.32. The zero-order chi connectivity index (χ0) is 23.5. The molecule has 1 aliphatic carbocycles. The molecule has 0 bridgehead atoms. The van der Waals surface area contributed by atoms with Crippen molar-refractivity contribution in [3.63, 3.8) is 0 Å². The first-order valence-electron chi connectivity index (χ1n) is 11.6. The van der Waals surface area contributed by atoms with Crippen molar-refractivity contribution in [2.24, 2.45) is 0 Å². The molecule has 0 spiro atoms. The van der Waals surface area contributed by atoms with Crippen molar-refractivity contribution >= 4 is 0 Å². The summed E-state index contributed by atoms with van der Waals surface area (Å²) in [4.78, 5) is 0. The smallest absolute Gasteiger partial charge is 0.126 e. The van der Waals surface area contributed by atoms with Crippen LogP contribution in [0.25, 0.3) is 0 Å². The number of benzene rings is 2. The summed E-state index contributed by atoms with van der Waals surface area (Å²) in [5.41, 5.74) is 3.98. The molecule has 33 heavy (non-hydrogen) atoms. The maximum Gasteiger partial charge on any atom is 0.126 e. The van der Waals surface area contributed by atoms with Crippen LogP contribution >= 0.6 is 0 Å². The first-order chi connectivity index (χ1) is 15.9. The Hall–Kier alpha value is -2.47. The third kappa shape index (κ3) is 4.91. The minimum absolute atomic E-state index is 0.0209. The molecule has 0 radical (unpaired) electrons. The van der Waals surface area contributed by atoms with E-state index >= 15 is 0 Å². The fourth-order valence-corrected chi connectivity index (χ4v) is 4.36. The summed E-state index contributed by atoms with van der Waals surface area (Å²) in [6.07, 6.45) is -2.05. The highest BCUT2D eigenvalue weighted by Crippen LogP contribution is 2.40. The summed E-state index contributed by atoms with van der Waals surface area (Å²) in [6.45, 7) is 1.59. The largest absolute Gasteiger partial charge is 0.490 e. The van der Waals surface area contributed by atoms with E-state index in [2.05, 4.69) is 25.1 Å². The van der Waals surface area contributed by atoms with E-state index in [9.17, 15) is 25.7 Å². The van der Waals surface area contributed by atoms with Crippen LogP contribution in [0, 0.1) is 11.3 Å². The molecule has 176 valence electrons. The van der Waals surface area contributed by atoms with Gasteiger partial charge in [0.15, 0.2) is 0 Å². The molecule has 1 saturated heterocycles. The third-order valence-corrected chi connectivity index (χ3v) is 6.73. The van der Waals surface area contributed by atoms with Crippen molar-refractivity contribution in [2.45, 2.75) is 75.7 Å². The minimum Gasteiger partial charge on any atom is -0.490 e. The average molecular weight is 454 g/mol. The van der Waals surface area contributed by atoms with Crippen LogP contribution < -0.4 is 4.74 Å². The van der Waals surface area contributed by atoms with Crippen LogP contribution in [0.1, 0.15) is 60.1 Å². The lowest BCUT2D eigenvalue weighted by molar-refractivity contribution is -0.232. The Morgan fingerprint density at radius 2 is 1.73 bits per heavy atom. The number of rotatable bonds is 7. The van der Waals surface area contributed by atoms with E-state index in [-0.39, 0.29) is 6.10 Å². The minimum atomic E-state index is -1.49. The number of hydrogen-bond donors (Lipinski definition) is 4. The van der Waals surface area contributed by atoms with E-state index in [1.54, 1.807) is 12.1 Å². The molecule has 7 nitrogen and oxygen atoms in total. The Morgan fingerprint density at radius 3 is 2.30 bits per heavy atom. The highest BCUT2D eigenvalue weighted by molar-refractivity contribution is 5.51. The molecular formula is C26H31NO6. The van der Waals surface area contributed by atoms with Gasteiger partial charge in [-0.15, -0.1) is 0 Å². The quantitative estimate of drug-likeness (QED) is 0.507. The van der Waals surface area contributed by atoms with Gasteiger partial charge in [-0.05, 0) is 60.9 Å². The normalized spacial score (nSPS) is 27.6. The van der Waals surface area contributed by atoms with Gasteiger partial charge in [0.1, 0.15) is 36.3 Å². The molecule has 0 amide bonds. The summed E-state index contributed by atoms with van der Waals surface area (Å²) in [5, 5.41) is 50.7. The van der Waals surface area contributed by atoms with E-state index in [0.717, 1.165) is 36.8 Å². The second kappa shape index (κ2) is 10.2. The third-order valence-electron chi connectivity index (χ3n) is 6.73. The lowest BCUT2D eigenvalue weighted by atomic mass is 9.88. The van der Waals surface area contributed by atoms with Gasteiger partial charge in [-0.1, -0.05) is 31.2 Å². The van der Waals surface area contributed by atoms with Crippen LogP contribution in [0.2, 0.25) is 0 Å². The maximum atomic E-state index is 10.7. The highest BCUT2D eigenvalue weighted by Gasteiger charge is 2.45. The lowest BCUT2D eigenvalue weighted by Gasteiger charge is -2.41. The van der Waals surface area contributed by atoms with Gasteiger partial charge >= 0.3 is 0 Å². The zero-order valence-electron chi connectivity index (χ0n) is 18.7. The summed E-state index contributed by atoms with van der Waals surface area (Å²) in [6, 6.07) is 13.9. The standard InChI is InChI=1S/C26H31NO6/c1-2-15-6-8-16(9-7-15)10-17-11-20(21(12-18(17)13-27)32-19-4-3-5-19)26-25(31)24(30)23(29)22(14-28)33-26/h6-9,11-12,19,22-26,28-31H,2-5,10,14H2,1H3/t22?,23-,24+,25-,26+/m1/s1. The monoisotopic (exact) mass is 453 g/mol. The molecule has 1 heterocycles. The van der Waals surface area contributed by atoms with Crippen molar-refractivity contribution in [3.05, 3.63) is 64.2 Å².